The van der Waals surface area contributed by atoms with E-state index in [4.69, 9.17) is 0 Å². The molecule has 0 saturated heterocycles. The number of allylic oxidation sites excluding steroid dienone is 2. The maximum atomic E-state index is 3.81. The summed E-state index contributed by atoms with van der Waals surface area (Å²) in [5.41, 5.74) is 2.20. The van der Waals surface area contributed by atoms with Gasteiger partial charge in [0.1, 0.15) is 0 Å². The van der Waals surface area contributed by atoms with Crippen molar-refractivity contribution in [1.82, 2.24) is 10.2 Å². The highest BCUT2D eigenvalue weighted by atomic mass is 15.1. The first-order valence-corrected chi connectivity index (χ1v) is 3.94. The molecule has 0 spiro atoms. The minimum atomic E-state index is 1.10. The average molecular weight is 160 g/mol. The minimum absolute atomic E-state index is 1.10. The quantitative estimate of drug-likeness (QED) is 0.664. The zero-order valence-corrected chi connectivity index (χ0v) is 7.36. The van der Waals surface area contributed by atoms with E-state index in [1.165, 1.54) is 0 Å². The van der Waals surface area contributed by atoms with Gasteiger partial charge in [-0.15, -0.1) is 0 Å². The Morgan fingerprint density at radius 2 is 1.33 bits per heavy atom. The van der Waals surface area contributed by atoms with Gasteiger partial charge in [-0.25, -0.2) is 0 Å². The van der Waals surface area contributed by atoms with E-state index in [1.807, 2.05) is 38.2 Å². The van der Waals surface area contributed by atoms with Gasteiger partial charge in [0, 0.05) is 11.1 Å². The van der Waals surface area contributed by atoms with Crippen molar-refractivity contribution in [2.24, 2.45) is 0 Å². The van der Waals surface area contributed by atoms with E-state index < -0.39 is 0 Å². The SMILES string of the molecule is C/C=C\c1cnncc1/C=C\C. The Hall–Kier alpha value is -1.44. The van der Waals surface area contributed by atoms with Gasteiger partial charge in [0.25, 0.3) is 0 Å². The van der Waals surface area contributed by atoms with Gasteiger partial charge in [-0.1, -0.05) is 24.3 Å². The number of hydrogen-bond donors (Lipinski definition) is 0. The van der Waals surface area contributed by atoms with Crippen molar-refractivity contribution in [3.8, 4) is 0 Å². The van der Waals surface area contributed by atoms with Crippen LogP contribution < -0.4 is 0 Å². The largest absolute Gasteiger partial charge is 0.158 e. The molecule has 1 aromatic heterocycles. The number of rotatable bonds is 2. The summed E-state index contributed by atoms with van der Waals surface area (Å²) in [4.78, 5) is 0. The van der Waals surface area contributed by atoms with Crippen LogP contribution in [0.25, 0.3) is 12.2 Å². The molecule has 0 atom stereocenters. The zero-order valence-electron chi connectivity index (χ0n) is 7.36. The topological polar surface area (TPSA) is 25.8 Å². The Labute approximate surface area is 72.6 Å². The molecule has 0 aliphatic heterocycles. The van der Waals surface area contributed by atoms with Crippen LogP contribution in [-0.4, -0.2) is 10.2 Å². The Bertz CT molecular complexity index is 269. The van der Waals surface area contributed by atoms with Gasteiger partial charge in [0.15, 0.2) is 0 Å². The summed E-state index contributed by atoms with van der Waals surface area (Å²) >= 11 is 0. The van der Waals surface area contributed by atoms with E-state index in [0.29, 0.717) is 0 Å². The fourth-order valence-corrected chi connectivity index (χ4v) is 0.978. The lowest BCUT2D eigenvalue weighted by Gasteiger charge is -1.96. The molecule has 0 fully saturated rings. The third-order valence-corrected chi connectivity index (χ3v) is 1.49. The highest BCUT2D eigenvalue weighted by molar-refractivity contribution is 5.63. The standard InChI is InChI=1S/C10H12N2/c1-3-5-9-7-11-12-8-10(9)6-4-2/h3-8H,1-2H3/b5-3-,6-4-. The molecule has 0 saturated carbocycles. The molecule has 1 aromatic rings. The third-order valence-electron chi connectivity index (χ3n) is 1.49. The van der Waals surface area contributed by atoms with Gasteiger partial charge in [-0.3, -0.25) is 0 Å². The van der Waals surface area contributed by atoms with Crippen molar-refractivity contribution in [3.05, 3.63) is 35.7 Å². The molecule has 2 nitrogen and oxygen atoms in total. The van der Waals surface area contributed by atoms with E-state index in [0.717, 1.165) is 11.1 Å². The van der Waals surface area contributed by atoms with Crippen molar-refractivity contribution < 1.29 is 0 Å². The van der Waals surface area contributed by atoms with Crippen LogP contribution in [-0.2, 0) is 0 Å². The summed E-state index contributed by atoms with van der Waals surface area (Å²) in [7, 11) is 0. The molecule has 1 heterocycles. The molecule has 0 N–H and O–H groups in total. The fraction of sp³-hybridized carbons (Fsp3) is 0.200. The summed E-state index contributed by atoms with van der Waals surface area (Å²) in [6, 6.07) is 0. The fourth-order valence-electron chi connectivity index (χ4n) is 0.978. The first-order chi connectivity index (χ1) is 5.88. The highest BCUT2D eigenvalue weighted by Gasteiger charge is 1.93. The molecule has 0 aliphatic rings. The molecule has 12 heavy (non-hydrogen) atoms. The number of hydrogen-bond acceptors (Lipinski definition) is 2. The molecule has 0 radical (unpaired) electrons. The smallest absolute Gasteiger partial charge is 0.0574 e. The maximum Gasteiger partial charge on any atom is 0.0574 e. The lowest BCUT2D eigenvalue weighted by molar-refractivity contribution is 1.02. The van der Waals surface area contributed by atoms with Crippen molar-refractivity contribution in [3.63, 3.8) is 0 Å². The van der Waals surface area contributed by atoms with Gasteiger partial charge < -0.3 is 0 Å². The second-order valence-electron chi connectivity index (χ2n) is 2.40. The molecule has 62 valence electrons. The first-order valence-electron chi connectivity index (χ1n) is 3.94. The molecule has 2 heteroatoms. The zero-order chi connectivity index (χ0) is 8.81. The van der Waals surface area contributed by atoms with Gasteiger partial charge in [-0.05, 0) is 13.8 Å². The van der Waals surface area contributed by atoms with Gasteiger partial charge in [0.2, 0.25) is 0 Å². The molecular weight excluding hydrogens is 148 g/mol. The van der Waals surface area contributed by atoms with E-state index in [1.54, 1.807) is 12.4 Å². The molecule has 0 aliphatic carbocycles. The molecular formula is C10H12N2. The van der Waals surface area contributed by atoms with Crippen LogP contribution in [0.3, 0.4) is 0 Å². The van der Waals surface area contributed by atoms with E-state index >= 15 is 0 Å². The van der Waals surface area contributed by atoms with Crippen molar-refractivity contribution >= 4 is 12.2 Å². The molecule has 0 amide bonds. The van der Waals surface area contributed by atoms with Crippen LogP contribution in [0.4, 0.5) is 0 Å². The van der Waals surface area contributed by atoms with Crippen LogP contribution in [0.1, 0.15) is 25.0 Å². The van der Waals surface area contributed by atoms with Crippen LogP contribution in [0.2, 0.25) is 0 Å². The summed E-state index contributed by atoms with van der Waals surface area (Å²) < 4.78 is 0. The Kier molecular flexibility index (Phi) is 3.20. The van der Waals surface area contributed by atoms with Crippen LogP contribution in [0.15, 0.2) is 24.5 Å². The van der Waals surface area contributed by atoms with Gasteiger partial charge >= 0.3 is 0 Å². The van der Waals surface area contributed by atoms with Crippen molar-refractivity contribution in [1.29, 1.82) is 0 Å². The molecule has 0 bridgehead atoms. The maximum absolute atomic E-state index is 3.81. The predicted octanol–water partition coefficient (Wildman–Crippen LogP) is 2.54. The van der Waals surface area contributed by atoms with Gasteiger partial charge in [0.05, 0.1) is 12.4 Å². The van der Waals surface area contributed by atoms with E-state index in [-0.39, 0.29) is 0 Å². The summed E-state index contributed by atoms with van der Waals surface area (Å²) in [5.74, 6) is 0. The van der Waals surface area contributed by atoms with Crippen LogP contribution in [0.5, 0.6) is 0 Å². The minimum Gasteiger partial charge on any atom is -0.158 e. The summed E-state index contributed by atoms with van der Waals surface area (Å²) in [6.45, 7) is 3.97. The van der Waals surface area contributed by atoms with Crippen LogP contribution >= 0.6 is 0 Å². The second-order valence-corrected chi connectivity index (χ2v) is 2.40. The van der Waals surface area contributed by atoms with Gasteiger partial charge in [-0.2, -0.15) is 10.2 Å². The first kappa shape index (κ1) is 8.65. The number of aromatic nitrogens is 2. The number of nitrogens with zero attached hydrogens (tertiary/aromatic N) is 2. The molecule has 0 unspecified atom stereocenters. The average Bonchev–Trinajstić information content (AvgIpc) is 2.09. The predicted molar refractivity (Wildman–Crippen MR) is 51.4 cm³/mol. The molecule has 1 rings (SSSR count). The lowest BCUT2D eigenvalue weighted by Crippen LogP contribution is -1.85. The monoisotopic (exact) mass is 160 g/mol. The lowest BCUT2D eigenvalue weighted by atomic mass is 10.1. The van der Waals surface area contributed by atoms with Crippen LogP contribution in [0, 0.1) is 0 Å². The summed E-state index contributed by atoms with van der Waals surface area (Å²) in [6.07, 6.45) is 11.5. The molecule has 0 aromatic carbocycles. The van der Waals surface area contributed by atoms with Crippen molar-refractivity contribution in [2.75, 3.05) is 0 Å². The Balaban J connectivity index is 3.08. The Morgan fingerprint density at radius 3 is 1.67 bits per heavy atom. The van der Waals surface area contributed by atoms with E-state index in [2.05, 4.69) is 10.2 Å². The summed E-state index contributed by atoms with van der Waals surface area (Å²) in [5, 5.41) is 7.62. The third kappa shape index (κ3) is 2.02. The normalized spacial score (nSPS) is 11.5. The highest BCUT2D eigenvalue weighted by Crippen LogP contribution is 2.09. The van der Waals surface area contributed by atoms with E-state index in [9.17, 15) is 0 Å². The second kappa shape index (κ2) is 4.44. The van der Waals surface area contributed by atoms with Crippen molar-refractivity contribution in [2.45, 2.75) is 13.8 Å². The Morgan fingerprint density at radius 1 is 0.917 bits per heavy atom.